The van der Waals surface area contributed by atoms with Gasteiger partial charge < -0.3 is 5.32 Å². The zero-order chi connectivity index (χ0) is 11.2. The summed E-state index contributed by atoms with van der Waals surface area (Å²) in [5.41, 5.74) is 0.634. The van der Waals surface area contributed by atoms with Gasteiger partial charge in [-0.3, -0.25) is 0 Å². The van der Waals surface area contributed by atoms with Crippen molar-refractivity contribution in [3.8, 4) is 0 Å². The number of alkyl halides is 3. The third kappa shape index (κ3) is 1.81. The number of hydrogen-bond acceptors (Lipinski definition) is 2. The van der Waals surface area contributed by atoms with Crippen molar-refractivity contribution in [1.82, 2.24) is 9.78 Å². The van der Waals surface area contributed by atoms with Crippen LogP contribution in [-0.4, -0.2) is 22.5 Å². The summed E-state index contributed by atoms with van der Waals surface area (Å²) in [5, 5.41) is 6.87. The van der Waals surface area contributed by atoms with Gasteiger partial charge in [0.15, 0.2) is 6.04 Å². The lowest BCUT2D eigenvalue weighted by molar-refractivity contribution is -0.171. The molecule has 0 aliphatic carbocycles. The van der Waals surface area contributed by atoms with E-state index < -0.39 is 12.2 Å². The molecule has 0 bridgehead atoms. The molecule has 0 saturated heterocycles. The van der Waals surface area contributed by atoms with Crippen LogP contribution in [-0.2, 0) is 0 Å². The highest BCUT2D eigenvalue weighted by atomic mass is 127. The van der Waals surface area contributed by atoms with E-state index in [-0.39, 0.29) is 6.42 Å². The maximum absolute atomic E-state index is 12.7. The molecule has 0 fully saturated rings. The molecule has 84 valence electrons. The molecule has 7 heteroatoms. The van der Waals surface area contributed by atoms with Crippen molar-refractivity contribution in [2.75, 3.05) is 11.9 Å². The lowest BCUT2D eigenvalue weighted by Gasteiger charge is -2.27. The van der Waals surface area contributed by atoms with E-state index in [0.717, 1.165) is 8.25 Å². The molecular weight excluding hydrogens is 322 g/mol. The van der Waals surface area contributed by atoms with Crippen LogP contribution in [0.25, 0.3) is 0 Å². The van der Waals surface area contributed by atoms with Crippen LogP contribution in [0.2, 0.25) is 0 Å². The van der Waals surface area contributed by atoms with Gasteiger partial charge >= 0.3 is 6.18 Å². The number of fused-ring (bicyclic) bond motifs is 1. The fourth-order valence-corrected chi connectivity index (χ4v) is 2.21. The molecule has 1 aliphatic heterocycles. The molecule has 1 aromatic rings. The molecule has 2 rings (SSSR count). The number of nitrogens with one attached hydrogen (secondary N) is 1. The smallest absolute Gasteiger partial charge is 0.369 e. The predicted octanol–water partition coefficient (Wildman–Crippen LogP) is 2.72. The Labute approximate surface area is 98.2 Å². The first kappa shape index (κ1) is 11.0. The highest BCUT2D eigenvalue weighted by Crippen LogP contribution is 2.39. The van der Waals surface area contributed by atoms with Gasteiger partial charge in [0.2, 0.25) is 0 Å². The number of hydrogen-bond donors (Lipinski definition) is 1. The summed E-state index contributed by atoms with van der Waals surface area (Å²) in [6, 6.07) is -1.49. The maximum atomic E-state index is 12.7. The van der Waals surface area contributed by atoms with Gasteiger partial charge in [-0.25, -0.2) is 4.68 Å². The van der Waals surface area contributed by atoms with Gasteiger partial charge in [0, 0.05) is 6.54 Å². The van der Waals surface area contributed by atoms with E-state index >= 15 is 0 Å². The van der Waals surface area contributed by atoms with Crippen LogP contribution in [0.3, 0.4) is 0 Å². The molecule has 15 heavy (non-hydrogen) atoms. The minimum absolute atomic E-state index is 0.0354. The number of anilines is 1. The molecule has 1 N–H and O–H groups in total. The third-order valence-corrected chi connectivity index (χ3v) is 3.69. The van der Waals surface area contributed by atoms with Crippen molar-refractivity contribution in [3.05, 3.63) is 9.26 Å². The Hall–Kier alpha value is -0.470. The summed E-state index contributed by atoms with van der Waals surface area (Å²) < 4.78 is 39.8. The minimum Gasteiger partial charge on any atom is -0.369 e. The van der Waals surface area contributed by atoms with Crippen molar-refractivity contribution in [2.45, 2.75) is 25.6 Å². The molecule has 1 aromatic heterocycles. The maximum Gasteiger partial charge on any atom is 0.410 e. The van der Waals surface area contributed by atoms with E-state index in [4.69, 9.17) is 0 Å². The van der Waals surface area contributed by atoms with Crippen LogP contribution in [0, 0.1) is 10.5 Å². The van der Waals surface area contributed by atoms with E-state index in [0.29, 0.717) is 18.1 Å². The molecule has 1 atom stereocenters. The van der Waals surface area contributed by atoms with Gasteiger partial charge in [-0.1, -0.05) is 0 Å². The number of rotatable bonds is 0. The average molecular weight is 331 g/mol. The molecule has 0 amide bonds. The molecule has 2 heterocycles. The first-order valence-electron chi connectivity index (χ1n) is 4.46. The SMILES string of the molecule is Cc1nn2c(c1I)NCCC2C(F)(F)F. The summed E-state index contributed by atoms with van der Waals surface area (Å²) in [6.07, 6.45) is -4.19. The fourth-order valence-electron chi connectivity index (χ4n) is 1.66. The lowest BCUT2D eigenvalue weighted by Crippen LogP contribution is -2.34. The van der Waals surface area contributed by atoms with E-state index in [2.05, 4.69) is 10.4 Å². The Kier molecular flexibility index (Phi) is 2.60. The molecule has 0 saturated carbocycles. The normalized spacial score (nSPS) is 21.0. The Balaban J connectivity index is 2.48. The standard InChI is InChI=1S/C8H9F3IN3/c1-4-6(12)7-13-3-2-5(8(9,10)11)15(7)14-4/h5,13H,2-3H2,1H3. The largest absolute Gasteiger partial charge is 0.410 e. The zero-order valence-electron chi connectivity index (χ0n) is 7.90. The highest BCUT2D eigenvalue weighted by Gasteiger charge is 2.44. The van der Waals surface area contributed by atoms with Gasteiger partial charge in [0.1, 0.15) is 5.82 Å². The van der Waals surface area contributed by atoms with Crippen molar-refractivity contribution in [1.29, 1.82) is 0 Å². The summed E-state index contributed by atoms with van der Waals surface area (Å²) in [5.74, 6) is 0.488. The summed E-state index contributed by atoms with van der Waals surface area (Å²) in [7, 11) is 0. The fraction of sp³-hybridized carbons (Fsp3) is 0.625. The Morgan fingerprint density at radius 3 is 2.80 bits per heavy atom. The molecule has 1 aliphatic rings. The Bertz CT molecular complexity index is 385. The number of aryl methyl sites for hydroxylation is 1. The summed E-state index contributed by atoms with van der Waals surface area (Å²) in [6.45, 7) is 2.05. The van der Waals surface area contributed by atoms with Crippen molar-refractivity contribution < 1.29 is 13.2 Å². The van der Waals surface area contributed by atoms with Crippen LogP contribution < -0.4 is 5.32 Å². The van der Waals surface area contributed by atoms with Gasteiger partial charge in [0.05, 0.1) is 9.26 Å². The second kappa shape index (κ2) is 3.53. The minimum atomic E-state index is -4.22. The summed E-state index contributed by atoms with van der Waals surface area (Å²) in [4.78, 5) is 0. The van der Waals surface area contributed by atoms with Gasteiger partial charge in [0.25, 0.3) is 0 Å². The number of halogens is 4. The van der Waals surface area contributed by atoms with Crippen molar-refractivity contribution in [3.63, 3.8) is 0 Å². The van der Waals surface area contributed by atoms with Crippen molar-refractivity contribution >= 4 is 28.4 Å². The Morgan fingerprint density at radius 1 is 1.53 bits per heavy atom. The zero-order valence-corrected chi connectivity index (χ0v) is 10.1. The van der Waals surface area contributed by atoms with Gasteiger partial charge in [-0.05, 0) is 35.9 Å². The first-order chi connectivity index (χ1) is 6.91. The van der Waals surface area contributed by atoms with Crippen LogP contribution >= 0.6 is 22.6 Å². The van der Waals surface area contributed by atoms with Crippen LogP contribution in [0.5, 0.6) is 0 Å². The Morgan fingerprint density at radius 2 is 2.20 bits per heavy atom. The van der Waals surface area contributed by atoms with Crippen LogP contribution in [0.1, 0.15) is 18.2 Å². The van der Waals surface area contributed by atoms with Gasteiger partial charge in [-0.2, -0.15) is 18.3 Å². The van der Waals surface area contributed by atoms with Crippen LogP contribution in [0.15, 0.2) is 0 Å². The monoisotopic (exact) mass is 331 g/mol. The van der Waals surface area contributed by atoms with E-state index in [1.807, 2.05) is 22.6 Å². The number of nitrogens with zero attached hydrogens (tertiary/aromatic N) is 2. The number of aromatic nitrogens is 2. The molecule has 0 spiro atoms. The molecular formula is C8H9F3IN3. The molecule has 3 nitrogen and oxygen atoms in total. The molecule has 0 radical (unpaired) electrons. The van der Waals surface area contributed by atoms with Crippen LogP contribution in [0.4, 0.5) is 19.0 Å². The summed E-state index contributed by atoms with van der Waals surface area (Å²) >= 11 is 2.01. The van der Waals surface area contributed by atoms with E-state index in [9.17, 15) is 13.2 Å². The molecule has 1 unspecified atom stereocenters. The highest BCUT2D eigenvalue weighted by molar-refractivity contribution is 14.1. The quantitative estimate of drug-likeness (QED) is 0.741. The van der Waals surface area contributed by atoms with Gasteiger partial charge in [-0.15, -0.1) is 0 Å². The van der Waals surface area contributed by atoms with E-state index in [1.54, 1.807) is 6.92 Å². The van der Waals surface area contributed by atoms with Crippen molar-refractivity contribution in [2.24, 2.45) is 0 Å². The third-order valence-electron chi connectivity index (χ3n) is 2.40. The topological polar surface area (TPSA) is 29.9 Å². The average Bonchev–Trinajstić information content (AvgIpc) is 2.41. The lowest BCUT2D eigenvalue weighted by atomic mass is 10.1. The second-order valence-electron chi connectivity index (χ2n) is 3.47. The first-order valence-corrected chi connectivity index (χ1v) is 5.54. The molecule has 0 aromatic carbocycles. The second-order valence-corrected chi connectivity index (χ2v) is 4.54. The predicted molar refractivity (Wildman–Crippen MR) is 57.9 cm³/mol. The van der Waals surface area contributed by atoms with E-state index in [1.165, 1.54) is 0 Å².